The minimum Gasteiger partial charge on any atom is -0.490 e. The maximum atomic E-state index is 13.8. The van der Waals surface area contributed by atoms with Crippen molar-refractivity contribution in [3.63, 3.8) is 0 Å². The quantitative estimate of drug-likeness (QED) is 0.694. The Hall–Kier alpha value is -1.46. The van der Waals surface area contributed by atoms with Gasteiger partial charge in [-0.25, -0.2) is 4.39 Å². The van der Waals surface area contributed by atoms with Gasteiger partial charge in [0, 0.05) is 12.1 Å². The van der Waals surface area contributed by atoms with E-state index in [2.05, 4.69) is 21.2 Å². The Kier molecular flexibility index (Phi) is 5.31. The predicted molar refractivity (Wildman–Crippen MR) is 89.0 cm³/mol. The summed E-state index contributed by atoms with van der Waals surface area (Å²) in [5, 5.41) is 3.69. The number of nitrogens with two attached hydrogens (primary N) is 1. The highest BCUT2D eigenvalue weighted by Gasteiger charge is 2.11. The maximum Gasteiger partial charge on any atom is 0.167 e. The van der Waals surface area contributed by atoms with E-state index in [1.807, 2.05) is 19.1 Å². The lowest BCUT2D eigenvalue weighted by molar-refractivity contribution is 0.301. The van der Waals surface area contributed by atoms with Gasteiger partial charge in [0.15, 0.2) is 11.6 Å². The summed E-state index contributed by atoms with van der Waals surface area (Å²) in [6.45, 7) is 2.40. The summed E-state index contributed by atoms with van der Waals surface area (Å²) in [5.41, 5.74) is 7.44. The Bertz CT molecular complexity index is 652. The molecule has 3 N–H and O–H groups in total. The van der Waals surface area contributed by atoms with Crippen LogP contribution in [0.15, 0.2) is 34.8 Å². The van der Waals surface area contributed by atoms with Crippen molar-refractivity contribution >= 4 is 44.6 Å². The van der Waals surface area contributed by atoms with Crippen molar-refractivity contribution in [2.24, 2.45) is 0 Å². The molecule has 0 saturated carbocycles. The van der Waals surface area contributed by atoms with Gasteiger partial charge in [-0.2, -0.15) is 0 Å². The largest absolute Gasteiger partial charge is 0.490 e. The smallest absolute Gasteiger partial charge is 0.167 e. The summed E-state index contributed by atoms with van der Waals surface area (Å²) in [6.07, 6.45) is 0.798. The molecule has 0 amide bonds. The Morgan fingerprint density at radius 1 is 1.33 bits per heavy atom. The number of benzene rings is 2. The van der Waals surface area contributed by atoms with E-state index in [0.717, 1.165) is 12.1 Å². The SMILES string of the molecule is CCCOc1cc(Nc2cccc(Cl)c2Br)c(N)cc1F. The van der Waals surface area contributed by atoms with Gasteiger partial charge in [-0.15, -0.1) is 0 Å². The Balaban J connectivity index is 2.33. The number of anilines is 3. The molecule has 0 unspecified atom stereocenters. The fourth-order valence-electron chi connectivity index (χ4n) is 1.75. The molecule has 0 fully saturated rings. The van der Waals surface area contributed by atoms with Gasteiger partial charge < -0.3 is 15.8 Å². The van der Waals surface area contributed by atoms with Crippen LogP contribution in [0.3, 0.4) is 0 Å². The molecule has 0 spiro atoms. The van der Waals surface area contributed by atoms with E-state index in [1.165, 1.54) is 6.07 Å². The number of ether oxygens (including phenoxy) is 1. The molecule has 2 aromatic rings. The molecular weight excluding hydrogens is 359 g/mol. The van der Waals surface area contributed by atoms with Crippen molar-refractivity contribution in [1.82, 2.24) is 0 Å². The van der Waals surface area contributed by atoms with Crippen molar-refractivity contribution in [2.75, 3.05) is 17.7 Å². The van der Waals surface area contributed by atoms with Crippen LogP contribution in [0.4, 0.5) is 21.5 Å². The Morgan fingerprint density at radius 3 is 2.81 bits per heavy atom. The lowest BCUT2D eigenvalue weighted by atomic mass is 10.2. The summed E-state index contributed by atoms with van der Waals surface area (Å²) in [6, 6.07) is 8.20. The van der Waals surface area contributed by atoms with Gasteiger partial charge in [0.1, 0.15) is 0 Å². The molecule has 0 aliphatic rings. The van der Waals surface area contributed by atoms with E-state index < -0.39 is 5.82 Å². The number of nitrogen functional groups attached to an aromatic ring is 1. The molecule has 21 heavy (non-hydrogen) atoms. The standard InChI is InChI=1S/C15H15BrClFN2O/c1-2-6-21-14-8-13(11(19)7-10(14)18)20-12-5-3-4-9(17)15(12)16/h3-5,7-8,20H,2,6,19H2,1H3. The van der Waals surface area contributed by atoms with Crippen LogP contribution in [-0.4, -0.2) is 6.61 Å². The first-order valence-corrected chi connectivity index (χ1v) is 7.63. The van der Waals surface area contributed by atoms with E-state index in [4.69, 9.17) is 22.1 Å². The first-order chi connectivity index (χ1) is 10.0. The first kappa shape index (κ1) is 15.9. The second kappa shape index (κ2) is 7.00. The van der Waals surface area contributed by atoms with E-state index in [0.29, 0.717) is 27.5 Å². The first-order valence-electron chi connectivity index (χ1n) is 6.45. The van der Waals surface area contributed by atoms with Crippen LogP contribution >= 0.6 is 27.5 Å². The molecule has 0 aliphatic carbocycles. The molecule has 0 bridgehead atoms. The Labute approximate surface area is 136 Å². The second-order valence-electron chi connectivity index (χ2n) is 4.44. The molecule has 2 aromatic carbocycles. The second-order valence-corrected chi connectivity index (χ2v) is 5.64. The van der Waals surface area contributed by atoms with E-state index >= 15 is 0 Å². The number of hydrogen-bond acceptors (Lipinski definition) is 3. The van der Waals surface area contributed by atoms with Gasteiger partial charge in [0.05, 0.1) is 33.2 Å². The third-order valence-corrected chi connectivity index (χ3v) is 4.18. The van der Waals surface area contributed by atoms with Crippen molar-refractivity contribution in [2.45, 2.75) is 13.3 Å². The van der Waals surface area contributed by atoms with E-state index in [9.17, 15) is 4.39 Å². The number of rotatable bonds is 5. The zero-order chi connectivity index (χ0) is 15.4. The number of halogens is 3. The van der Waals surface area contributed by atoms with Gasteiger partial charge in [-0.1, -0.05) is 24.6 Å². The van der Waals surface area contributed by atoms with Gasteiger partial charge in [-0.3, -0.25) is 0 Å². The molecule has 2 rings (SSSR count). The lowest BCUT2D eigenvalue weighted by Gasteiger charge is -2.14. The highest BCUT2D eigenvalue weighted by molar-refractivity contribution is 9.10. The van der Waals surface area contributed by atoms with Gasteiger partial charge in [-0.05, 0) is 34.5 Å². The highest BCUT2D eigenvalue weighted by atomic mass is 79.9. The van der Waals surface area contributed by atoms with Crippen molar-refractivity contribution in [1.29, 1.82) is 0 Å². The van der Waals surface area contributed by atoms with Gasteiger partial charge in [0.25, 0.3) is 0 Å². The molecule has 6 heteroatoms. The predicted octanol–water partition coefficient (Wildman–Crippen LogP) is 5.36. The normalized spacial score (nSPS) is 10.5. The molecule has 112 valence electrons. The van der Waals surface area contributed by atoms with Gasteiger partial charge in [0.2, 0.25) is 0 Å². The fourth-order valence-corrected chi connectivity index (χ4v) is 2.28. The van der Waals surface area contributed by atoms with Crippen LogP contribution in [0.1, 0.15) is 13.3 Å². The molecule has 0 atom stereocenters. The van der Waals surface area contributed by atoms with Crippen LogP contribution in [0.5, 0.6) is 5.75 Å². The monoisotopic (exact) mass is 372 g/mol. The lowest BCUT2D eigenvalue weighted by Crippen LogP contribution is -2.02. The minimum atomic E-state index is -0.475. The topological polar surface area (TPSA) is 47.3 Å². The summed E-state index contributed by atoms with van der Waals surface area (Å²) in [5.74, 6) is -0.302. The third-order valence-electron chi connectivity index (χ3n) is 2.79. The zero-order valence-corrected chi connectivity index (χ0v) is 13.8. The van der Waals surface area contributed by atoms with Crippen molar-refractivity contribution in [3.05, 3.63) is 45.6 Å². The highest BCUT2D eigenvalue weighted by Crippen LogP contribution is 2.35. The summed E-state index contributed by atoms with van der Waals surface area (Å²) < 4.78 is 19.9. The van der Waals surface area contributed by atoms with Crippen molar-refractivity contribution in [3.8, 4) is 5.75 Å². The molecule has 0 saturated heterocycles. The van der Waals surface area contributed by atoms with Crippen LogP contribution in [-0.2, 0) is 0 Å². The van der Waals surface area contributed by atoms with Crippen LogP contribution < -0.4 is 15.8 Å². The summed E-state index contributed by atoms with van der Waals surface area (Å²) in [7, 11) is 0. The molecule has 0 heterocycles. The van der Waals surface area contributed by atoms with Crippen molar-refractivity contribution < 1.29 is 9.13 Å². The molecular formula is C15H15BrClFN2O. The van der Waals surface area contributed by atoms with E-state index in [1.54, 1.807) is 12.1 Å². The zero-order valence-electron chi connectivity index (χ0n) is 11.4. The van der Waals surface area contributed by atoms with Gasteiger partial charge >= 0.3 is 0 Å². The number of nitrogens with one attached hydrogen (secondary N) is 1. The van der Waals surface area contributed by atoms with Crippen LogP contribution in [0, 0.1) is 5.82 Å². The average molecular weight is 374 g/mol. The van der Waals surface area contributed by atoms with Crippen LogP contribution in [0.2, 0.25) is 5.02 Å². The summed E-state index contributed by atoms with van der Waals surface area (Å²) in [4.78, 5) is 0. The van der Waals surface area contributed by atoms with Crippen LogP contribution in [0.25, 0.3) is 0 Å². The number of hydrogen-bond donors (Lipinski definition) is 2. The third kappa shape index (κ3) is 3.80. The summed E-state index contributed by atoms with van der Waals surface area (Å²) >= 11 is 9.44. The minimum absolute atomic E-state index is 0.173. The van der Waals surface area contributed by atoms with E-state index in [-0.39, 0.29) is 5.75 Å². The Morgan fingerprint density at radius 2 is 2.10 bits per heavy atom. The molecule has 0 aliphatic heterocycles. The maximum absolute atomic E-state index is 13.8. The fraction of sp³-hybridized carbons (Fsp3) is 0.200. The molecule has 0 aromatic heterocycles. The average Bonchev–Trinajstić information content (AvgIpc) is 2.45. The molecule has 3 nitrogen and oxygen atoms in total. The molecule has 0 radical (unpaired) electrons.